The van der Waals surface area contributed by atoms with Gasteiger partial charge in [0.05, 0.1) is 11.9 Å². The van der Waals surface area contributed by atoms with Crippen LogP contribution in [-0.2, 0) is 11.3 Å². The van der Waals surface area contributed by atoms with Crippen LogP contribution in [0.15, 0.2) is 31.1 Å². The molecule has 8 heteroatoms. The number of hydrogen-bond acceptors (Lipinski definition) is 5. The normalized spacial score (nSPS) is 17.0. The lowest BCUT2D eigenvalue weighted by Crippen LogP contribution is -2.41. The van der Waals surface area contributed by atoms with Crippen molar-refractivity contribution in [1.82, 2.24) is 29.7 Å². The van der Waals surface area contributed by atoms with Crippen LogP contribution >= 0.6 is 0 Å². The van der Waals surface area contributed by atoms with Crippen molar-refractivity contribution in [3.05, 3.63) is 42.5 Å². The van der Waals surface area contributed by atoms with E-state index in [1.807, 2.05) is 29.5 Å². The molecule has 8 nitrogen and oxygen atoms in total. The average molecular weight is 384 g/mol. The first-order valence-electron chi connectivity index (χ1n) is 9.86. The van der Waals surface area contributed by atoms with Crippen molar-refractivity contribution < 1.29 is 9.59 Å². The molecule has 3 rings (SSSR count). The van der Waals surface area contributed by atoms with E-state index in [9.17, 15) is 9.59 Å². The van der Waals surface area contributed by atoms with Gasteiger partial charge in [-0.15, -0.1) is 0 Å². The van der Waals surface area contributed by atoms with Gasteiger partial charge < -0.3 is 14.8 Å². The Morgan fingerprint density at radius 2 is 2.07 bits per heavy atom. The number of carbonyl (C=O) groups is 2. The van der Waals surface area contributed by atoms with E-state index < -0.39 is 0 Å². The Hall–Kier alpha value is -2.77. The van der Waals surface area contributed by atoms with Gasteiger partial charge in [-0.3, -0.25) is 9.59 Å². The van der Waals surface area contributed by atoms with Gasteiger partial charge in [0.2, 0.25) is 5.91 Å². The molecule has 0 spiro atoms. The first kappa shape index (κ1) is 20.0. The molecule has 0 bridgehead atoms. The quantitative estimate of drug-likeness (QED) is 0.786. The summed E-state index contributed by atoms with van der Waals surface area (Å²) in [7, 11) is 0. The molecule has 2 aromatic rings. The lowest BCUT2D eigenvalue weighted by molar-refractivity contribution is -0.122. The molecule has 0 saturated carbocycles. The predicted octanol–water partition coefficient (Wildman–Crippen LogP) is 1.86. The van der Waals surface area contributed by atoms with Crippen LogP contribution in [0.25, 0.3) is 0 Å². The molecule has 2 amide bonds. The van der Waals surface area contributed by atoms with Crippen molar-refractivity contribution in [2.45, 2.75) is 45.6 Å². The number of aromatic nitrogens is 4. The van der Waals surface area contributed by atoms with Crippen LogP contribution < -0.4 is 5.32 Å². The maximum absolute atomic E-state index is 12.8. The third-order valence-corrected chi connectivity index (χ3v) is 4.97. The molecule has 2 aromatic heterocycles. The lowest BCUT2D eigenvalue weighted by atomic mass is 9.94. The van der Waals surface area contributed by atoms with E-state index in [2.05, 4.69) is 20.3 Å². The monoisotopic (exact) mass is 384 g/mol. The molecule has 0 radical (unpaired) electrons. The second-order valence-electron chi connectivity index (χ2n) is 7.60. The van der Waals surface area contributed by atoms with Crippen molar-refractivity contribution in [3.8, 4) is 0 Å². The third kappa shape index (κ3) is 5.37. The van der Waals surface area contributed by atoms with Crippen LogP contribution in [0.2, 0.25) is 0 Å². The Balaban J connectivity index is 1.47. The van der Waals surface area contributed by atoms with E-state index >= 15 is 0 Å². The fourth-order valence-electron chi connectivity index (χ4n) is 3.42. The van der Waals surface area contributed by atoms with Crippen molar-refractivity contribution in [2.24, 2.45) is 5.92 Å². The first-order valence-corrected chi connectivity index (χ1v) is 9.86. The smallest absolute Gasteiger partial charge is 0.256 e. The number of carbonyl (C=O) groups excluding carboxylic acids is 2. The molecule has 1 aliphatic heterocycles. The molecule has 3 heterocycles. The number of nitrogens with zero attached hydrogens (tertiary/aromatic N) is 5. The van der Waals surface area contributed by atoms with Crippen LogP contribution in [0.1, 0.15) is 55.2 Å². The van der Waals surface area contributed by atoms with Gasteiger partial charge in [0.1, 0.15) is 5.82 Å². The van der Waals surface area contributed by atoms with Crippen molar-refractivity contribution in [1.29, 1.82) is 0 Å². The number of nitrogens with one attached hydrogen (secondary N) is 1. The summed E-state index contributed by atoms with van der Waals surface area (Å²) in [5, 5.41) is 2.95. The van der Waals surface area contributed by atoms with E-state index in [4.69, 9.17) is 0 Å². The van der Waals surface area contributed by atoms with Gasteiger partial charge >= 0.3 is 0 Å². The standard InChI is InChI=1S/C20H28N6O2/c1-15(2)19-23-11-17(12-24-19)20(28)26-7-3-4-16(13-26)10-18(27)22-6-9-25-8-5-21-14-25/h5,8,11-12,14-16H,3-4,6-7,9-10,13H2,1-2H3,(H,22,27)/t16-/m0/s1. The zero-order valence-electron chi connectivity index (χ0n) is 16.5. The average Bonchev–Trinajstić information content (AvgIpc) is 3.21. The van der Waals surface area contributed by atoms with Gasteiger partial charge in [0, 0.05) is 63.3 Å². The Labute approximate surface area is 165 Å². The van der Waals surface area contributed by atoms with Crippen LogP contribution in [0.5, 0.6) is 0 Å². The zero-order valence-corrected chi connectivity index (χ0v) is 16.5. The van der Waals surface area contributed by atoms with Gasteiger partial charge in [-0.1, -0.05) is 13.8 Å². The zero-order chi connectivity index (χ0) is 19.9. The molecule has 1 aliphatic rings. The number of amides is 2. The molecule has 1 saturated heterocycles. The van der Waals surface area contributed by atoms with E-state index in [0.29, 0.717) is 38.2 Å². The molecule has 0 unspecified atom stereocenters. The summed E-state index contributed by atoms with van der Waals surface area (Å²) >= 11 is 0. The summed E-state index contributed by atoms with van der Waals surface area (Å²) in [6.07, 6.45) is 10.8. The summed E-state index contributed by atoms with van der Waals surface area (Å²) < 4.78 is 1.92. The summed E-state index contributed by atoms with van der Waals surface area (Å²) in [5.41, 5.74) is 0.509. The Kier molecular flexibility index (Phi) is 6.73. The molecule has 28 heavy (non-hydrogen) atoms. The number of hydrogen-bond donors (Lipinski definition) is 1. The highest BCUT2D eigenvalue weighted by Gasteiger charge is 2.26. The van der Waals surface area contributed by atoms with Gasteiger partial charge in [-0.2, -0.15) is 0 Å². The Morgan fingerprint density at radius 1 is 1.29 bits per heavy atom. The largest absolute Gasteiger partial charge is 0.354 e. The molecule has 150 valence electrons. The minimum absolute atomic E-state index is 0.0315. The lowest BCUT2D eigenvalue weighted by Gasteiger charge is -2.32. The molecule has 1 fully saturated rings. The van der Waals surface area contributed by atoms with Gasteiger partial charge in [0.25, 0.3) is 5.91 Å². The fourth-order valence-corrected chi connectivity index (χ4v) is 3.42. The molecular formula is C20H28N6O2. The maximum atomic E-state index is 12.8. The van der Waals surface area contributed by atoms with E-state index in [0.717, 1.165) is 18.7 Å². The number of imidazole rings is 1. The molecule has 1 atom stereocenters. The second kappa shape index (κ2) is 9.43. The van der Waals surface area contributed by atoms with Crippen LogP contribution in [0, 0.1) is 5.92 Å². The highest BCUT2D eigenvalue weighted by Crippen LogP contribution is 2.21. The highest BCUT2D eigenvalue weighted by molar-refractivity contribution is 5.93. The van der Waals surface area contributed by atoms with E-state index in [1.165, 1.54) is 0 Å². The molecule has 0 aliphatic carbocycles. The summed E-state index contributed by atoms with van der Waals surface area (Å²) in [6, 6.07) is 0. The van der Waals surface area contributed by atoms with Crippen LogP contribution in [0.3, 0.4) is 0 Å². The maximum Gasteiger partial charge on any atom is 0.256 e. The minimum Gasteiger partial charge on any atom is -0.354 e. The predicted molar refractivity (Wildman–Crippen MR) is 105 cm³/mol. The summed E-state index contributed by atoms with van der Waals surface area (Å²) in [4.78, 5) is 39.4. The minimum atomic E-state index is -0.0551. The van der Waals surface area contributed by atoms with Gasteiger partial charge in [-0.05, 0) is 18.8 Å². The van der Waals surface area contributed by atoms with Crippen molar-refractivity contribution >= 4 is 11.8 Å². The Morgan fingerprint density at radius 3 is 2.75 bits per heavy atom. The molecule has 1 N–H and O–H groups in total. The first-order chi connectivity index (χ1) is 13.5. The third-order valence-electron chi connectivity index (χ3n) is 4.97. The summed E-state index contributed by atoms with van der Waals surface area (Å²) in [5.74, 6) is 1.13. The number of rotatable bonds is 7. The van der Waals surface area contributed by atoms with Crippen molar-refractivity contribution in [2.75, 3.05) is 19.6 Å². The number of likely N-dealkylation sites (tertiary alicyclic amines) is 1. The molecule has 0 aromatic carbocycles. The van der Waals surface area contributed by atoms with E-state index in [-0.39, 0.29) is 23.7 Å². The fraction of sp³-hybridized carbons (Fsp3) is 0.550. The topological polar surface area (TPSA) is 93.0 Å². The Bertz CT molecular complexity index is 773. The summed E-state index contributed by atoms with van der Waals surface area (Å²) in [6.45, 7) is 6.62. The van der Waals surface area contributed by atoms with E-state index in [1.54, 1.807) is 24.9 Å². The molecular weight excluding hydrogens is 356 g/mol. The highest BCUT2D eigenvalue weighted by atomic mass is 16.2. The van der Waals surface area contributed by atoms with Gasteiger partial charge in [0.15, 0.2) is 0 Å². The van der Waals surface area contributed by atoms with Crippen LogP contribution in [0.4, 0.5) is 0 Å². The second-order valence-corrected chi connectivity index (χ2v) is 7.60. The van der Waals surface area contributed by atoms with Crippen LogP contribution in [-0.4, -0.2) is 55.9 Å². The SMILES string of the molecule is CC(C)c1ncc(C(=O)N2CCC[C@@H](CC(=O)NCCn3ccnc3)C2)cn1. The number of piperidine rings is 1. The van der Waals surface area contributed by atoms with Crippen molar-refractivity contribution in [3.63, 3.8) is 0 Å². The van der Waals surface area contributed by atoms with Gasteiger partial charge in [-0.25, -0.2) is 15.0 Å².